The monoisotopic (exact) mass is 279 g/mol. The minimum atomic E-state index is -0.493. The van der Waals surface area contributed by atoms with Crippen LogP contribution in [0.2, 0.25) is 0 Å². The number of benzene rings is 1. The zero-order valence-electron chi connectivity index (χ0n) is 12.0. The molecule has 110 valence electrons. The molecule has 0 unspecified atom stereocenters. The minimum absolute atomic E-state index is 0.0248. The van der Waals surface area contributed by atoms with E-state index in [-0.39, 0.29) is 18.0 Å². The smallest absolute Gasteiger partial charge is 0.191 e. The number of halogens is 1. The van der Waals surface area contributed by atoms with Crippen LogP contribution in [0.1, 0.15) is 48.0 Å². The number of carbonyl (C=O) groups excluding carboxylic acids is 1. The lowest BCUT2D eigenvalue weighted by Crippen LogP contribution is -2.14. The molecule has 2 rings (SSSR count). The Kier molecular flexibility index (Phi) is 5.12. The zero-order valence-corrected chi connectivity index (χ0v) is 12.0. The van der Waals surface area contributed by atoms with E-state index in [9.17, 15) is 9.18 Å². The molecule has 0 atom stereocenters. The first-order chi connectivity index (χ1) is 9.61. The Morgan fingerprint density at radius 2 is 2.05 bits per heavy atom. The lowest BCUT2D eigenvalue weighted by molar-refractivity contribution is 0.0844. The molecule has 1 aromatic carbocycles. The van der Waals surface area contributed by atoms with Crippen LogP contribution >= 0.6 is 0 Å². The number of methoxy groups -OCH3 is 1. The molecule has 20 heavy (non-hydrogen) atoms. The minimum Gasteiger partial charge on any atom is -0.398 e. The Balaban J connectivity index is 2.14. The van der Waals surface area contributed by atoms with E-state index in [1.54, 1.807) is 0 Å². The number of carbonyl (C=O) groups is 1. The molecule has 1 aromatic rings. The second kappa shape index (κ2) is 6.84. The van der Waals surface area contributed by atoms with Gasteiger partial charge in [-0.15, -0.1) is 0 Å². The molecule has 0 heterocycles. The molecule has 1 fully saturated rings. The second-order valence-electron chi connectivity index (χ2n) is 5.60. The van der Waals surface area contributed by atoms with Gasteiger partial charge >= 0.3 is 0 Å². The maximum Gasteiger partial charge on any atom is 0.191 e. The third kappa shape index (κ3) is 3.57. The fourth-order valence-electron chi connectivity index (χ4n) is 2.93. The molecule has 1 aliphatic rings. The number of ether oxygens (including phenoxy) is 1. The van der Waals surface area contributed by atoms with Crippen molar-refractivity contribution in [2.45, 2.75) is 38.5 Å². The summed E-state index contributed by atoms with van der Waals surface area (Å²) in [5, 5.41) is 0. The molecule has 2 N–H and O–H groups in total. The lowest BCUT2D eigenvalue weighted by Gasteiger charge is -2.22. The maximum absolute atomic E-state index is 14.0. The quantitative estimate of drug-likeness (QED) is 0.664. The average molecular weight is 279 g/mol. The van der Waals surface area contributed by atoms with Gasteiger partial charge in [-0.3, -0.25) is 4.79 Å². The summed E-state index contributed by atoms with van der Waals surface area (Å²) in [6.45, 7) is -0.127. The molecule has 0 bridgehead atoms. The van der Waals surface area contributed by atoms with E-state index < -0.39 is 5.82 Å². The predicted molar refractivity (Wildman–Crippen MR) is 77.3 cm³/mol. The highest BCUT2D eigenvalue weighted by atomic mass is 19.1. The summed E-state index contributed by atoms with van der Waals surface area (Å²) >= 11 is 0. The Labute approximate surface area is 119 Å². The standard InChI is InChI=1S/C16H22FNO2/c1-20-10-16(19)13-9-15(18)12(8-14(13)17)7-11-5-3-2-4-6-11/h8-9,11H,2-7,10,18H2,1H3. The van der Waals surface area contributed by atoms with Crippen molar-refractivity contribution in [3.63, 3.8) is 0 Å². The van der Waals surface area contributed by atoms with Crippen molar-refractivity contribution < 1.29 is 13.9 Å². The molecule has 0 amide bonds. The maximum atomic E-state index is 14.0. The summed E-state index contributed by atoms with van der Waals surface area (Å²) in [7, 11) is 1.41. The van der Waals surface area contributed by atoms with Crippen molar-refractivity contribution in [2.75, 3.05) is 19.5 Å². The number of hydrogen-bond acceptors (Lipinski definition) is 3. The number of hydrogen-bond donors (Lipinski definition) is 1. The third-order valence-electron chi connectivity index (χ3n) is 4.04. The molecule has 1 aliphatic carbocycles. The molecule has 3 nitrogen and oxygen atoms in total. The van der Waals surface area contributed by atoms with Gasteiger partial charge in [-0.2, -0.15) is 0 Å². The molecule has 4 heteroatoms. The average Bonchev–Trinajstić information content (AvgIpc) is 2.44. The summed E-state index contributed by atoms with van der Waals surface area (Å²) in [5.74, 6) is -0.279. The largest absolute Gasteiger partial charge is 0.398 e. The van der Waals surface area contributed by atoms with E-state index in [1.807, 2.05) is 0 Å². The van der Waals surface area contributed by atoms with Gasteiger partial charge in [-0.05, 0) is 30.0 Å². The molecule has 0 aromatic heterocycles. The summed E-state index contributed by atoms with van der Waals surface area (Å²) < 4.78 is 18.8. The van der Waals surface area contributed by atoms with Gasteiger partial charge in [0.1, 0.15) is 12.4 Å². The molecule has 0 radical (unpaired) electrons. The van der Waals surface area contributed by atoms with E-state index in [0.29, 0.717) is 11.6 Å². The molecule has 0 saturated heterocycles. The van der Waals surface area contributed by atoms with Crippen molar-refractivity contribution in [3.8, 4) is 0 Å². The van der Waals surface area contributed by atoms with Crippen molar-refractivity contribution in [1.29, 1.82) is 0 Å². The van der Waals surface area contributed by atoms with E-state index in [0.717, 1.165) is 12.0 Å². The molecular weight excluding hydrogens is 257 g/mol. The SMILES string of the molecule is COCC(=O)c1cc(N)c(CC2CCCCC2)cc1F. The number of nitrogens with two attached hydrogens (primary N) is 1. The van der Waals surface area contributed by atoms with Gasteiger partial charge in [0.2, 0.25) is 0 Å². The Morgan fingerprint density at radius 1 is 1.35 bits per heavy atom. The van der Waals surface area contributed by atoms with Gasteiger partial charge < -0.3 is 10.5 Å². The van der Waals surface area contributed by atoms with Crippen LogP contribution in [0.25, 0.3) is 0 Å². The molecular formula is C16H22FNO2. The fourth-order valence-corrected chi connectivity index (χ4v) is 2.93. The number of ketones is 1. The van der Waals surface area contributed by atoms with E-state index >= 15 is 0 Å². The van der Waals surface area contributed by atoms with Crippen LogP contribution in [0, 0.1) is 11.7 Å². The number of rotatable bonds is 5. The van der Waals surface area contributed by atoms with Gasteiger partial charge in [0, 0.05) is 12.8 Å². The van der Waals surface area contributed by atoms with Crippen LogP contribution in [0.15, 0.2) is 12.1 Å². The van der Waals surface area contributed by atoms with Crippen LogP contribution < -0.4 is 5.73 Å². The predicted octanol–water partition coefficient (Wildman–Crippen LogP) is 3.36. The van der Waals surface area contributed by atoms with Crippen LogP contribution in [0.4, 0.5) is 10.1 Å². The molecule has 1 saturated carbocycles. The highest BCUT2D eigenvalue weighted by molar-refractivity contribution is 5.98. The normalized spacial score (nSPS) is 16.3. The van der Waals surface area contributed by atoms with E-state index in [2.05, 4.69) is 0 Å². The summed E-state index contributed by atoms with van der Waals surface area (Å²) in [6.07, 6.45) is 6.97. The Hall–Kier alpha value is -1.42. The van der Waals surface area contributed by atoms with Gasteiger partial charge in [-0.25, -0.2) is 4.39 Å². The van der Waals surface area contributed by atoms with Gasteiger partial charge in [-0.1, -0.05) is 32.1 Å². The molecule has 0 aliphatic heterocycles. The van der Waals surface area contributed by atoms with Crippen molar-refractivity contribution in [2.24, 2.45) is 5.92 Å². The van der Waals surface area contributed by atoms with Crippen LogP contribution in [0.5, 0.6) is 0 Å². The van der Waals surface area contributed by atoms with E-state index in [1.165, 1.54) is 51.3 Å². The highest BCUT2D eigenvalue weighted by Crippen LogP contribution is 2.29. The number of anilines is 1. The van der Waals surface area contributed by atoms with E-state index in [4.69, 9.17) is 10.5 Å². The van der Waals surface area contributed by atoms with Crippen molar-refractivity contribution >= 4 is 11.5 Å². The third-order valence-corrected chi connectivity index (χ3v) is 4.04. The van der Waals surface area contributed by atoms with Gasteiger partial charge in [0.15, 0.2) is 5.78 Å². The lowest BCUT2D eigenvalue weighted by atomic mass is 9.84. The molecule has 0 spiro atoms. The topological polar surface area (TPSA) is 52.3 Å². The Morgan fingerprint density at radius 3 is 2.70 bits per heavy atom. The summed E-state index contributed by atoms with van der Waals surface area (Å²) in [6, 6.07) is 2.88. The summed E-state index contributed by atoms with van der Waals surface area (Å²) in [5.41, 5.74) is 7.34. The summed E-state index contributed by atoms with van der Waals surface area (Å²) in [4.78, 5) is 11.7. The van der Waals surface area contributed by atoms with Crippen LogP contribution in [-0.4, -0.2) is 19.5 Å². The first-order valence-electron chi connectivity index (χ1n) is 7.22. The highest BCUT2D eigenvalue weighted by Gasteiger charge is 2.18. The number of Topliss-reactive ketones (excluding diaryl/α,β-unsaturated/α-hetero) is 1. The van der Waals surface area contributed by atoms with Crippen molar-refractivity contribution in [1.82, 2.24) is 0 Å². The second-order valence-corrected chi connectivity index (χ2v) is 5.60. The van der Waals surface area contributed by atoms with Crippen molar-refractivity contribution in [3.05, 3.63) is 29.1 Å². The fraction of sp³-hybridized carbons (Fsp3) is 0.562. The Bertz CT molecular complexity index is 482. The number of nitrogen functional groups attached to an aromatic ring is 1. The zero-order chi connectivity index (χ0) is 14.5. The van der Waals surface area contributed by atoms with Gasteiger partial charge in [0.05, 0.1) is 5.56 Å². The van der Waals surface area contributed by atoms with Crippen LogP contribution in [0.3, 0.4) is 0 Å². The first kappa shape index (κ1) is 15.0. The first-order valence-corrected chi connectivity index (χ1v) is 7.22. The van der Waals surface area contributed by atoms with Gasteiger partial charge in [0.25, 0.3) is 0 Å². The van der Waals surface area contributed by atoms with Crippen LogP contribution in [-0.2, 0) is 11.2 Å².